The van der Waals surface area contributed by atoms with Crippen molar-refractivity contribution in [3.63, 3.8) is 0 Å². The lowest BCUT2D eigenvalue weighted by molar-refractivity contribution is -0.111. The molecule has 0 aliphatic carbocycles. The maximum atomic E-state index is 12.2. The number of anilines is 1. The van der Waals surface area contributed by atoms with E-state index >= 15 is 0 Å². The molecule has 0 aromatic heterocycles. The Balaban J connectivity index is 2.09. The number of rotatable bonds is 8. The van der Waals surface area contributed by atoms with E-state index in [-0.39, 0.29) is 12.5 Å². The minimum absolute atomic E-state index is 0.0262. The largest absolute Gasteiger partial charge is 0.496 e. The van der Waals surface area contributed by atoms with Crippen molar-refractivity contribution in [2.24, 2.45) is 0 Å². The summed E-state index contributed by atoms with van der Waals surface area (Å²) < 4.78 is 21.0. The topological polar surface area (TPSA) is 89.8 Å². The average molecular weight is 368 g/mol. The maximum absolute atomic E-state index is 12.2. The number of nitriles is 1. The van der Waals surface area contributed by atoms with Crippen LogP contribution in [0.5, 0.6) is 23.0 Å². The zero-order valence-corrected chi connectivity index (χ0v) is 15.3. The van der Waals surface area contributed by atoms with E-state index < -0.39 is 0 Å². The molecular weight excluding hydrogens is 348 g/mol. The normalized spacial score (nSPS) is 10.1. The van der Waals surface area contributed by atoms with Crippen molar-refractivity contribution in [1.82, 2.24) is 0 Å². The van der Waals surface area contributed by atoms with Crippen molar-refractivity contribution in [3.05, 3.63) is 48.0 Å². The molecule has 2 aromatic carbocycles. The predicted molar refractivity (Wildman–Crippen MR) is 101 cm³/mol. The fraction of sp³-hybridized carbons (Fsp3) is 0.200. The zero-order valence-electron chi connectivity index (χ0n) is 15.3. The molecule has 0 spiro atoms. The Morgan fingerprint density at radius 3 is 2.26 bits per heavy atom. The fourth-order valence-electron chi connectivity index (χ4n) is 2.28. The molecule has 7 heteroatoms. The number of carbonyl (C=O) groups is 1. The van der Waals surface area contributed by atoms with Gasteiger partial charge < -0.3 is 24.3 Å². The summed E-state index contributed by atoms with van der Waals surface area (Å²) >= 11 is 0. The van der Waals surface area contributed by atoms with E-state index in [1.54, 1.807) is 42.5 Å². The van der Waals surface area contributed by atoms with Gasteiger partial charge in [-0.15, -0.1) is 0 Å². The lowest BCUT2D eigenvalue weighted by atomic mass is 10.1. The number of ether oxygens (including phenoxy) is 4. The molecule has 0 atom stereocenters. The van der Waals surface area contributed by atoms with E-state index in [0.29, 0.717) is 34.2 Å². The Morgan fingerprint density at radius 2 is 1.67 bits per heavy atom. The van der Waals surface area contributed by atoms with Gasteiger partial charge in [-0.25, -0.2) is 0 Å². The van der Waals surface area contributed by atoms with Crippen LogP contribution in [0.1, 0.15) is 5.56 Å². The van der Waals surface area contributed by atoms with Crippen LogP contribution >= 0.6 is 0 Å². The Bertz CT molecular complexity index is 854. The van der Waals surface area contributed by atoms with Crippen molar-refractivity contribution in [2.45, 2.75) is 0 Å². The third kappa shape index (κ3) is 5.41. The summed E-state index contributed by atoms with van der Waals surface area (Å²) in [5, 5.41) is 11.2. The van der Waals surface area contributed by atoms with Gasteiger partial charge in [-0.2, -0.15) is 5.26 Å². The maximum Gasteiger partial charge on any atom is 0.248 e. The van der Waals surface area contributed by atoms with Crippen molar-refractivity contribution < 1.29 is 23.7 Å². The highest BCUT2D eigenvalue weighted by atomic mass is 16.5. The van der Waals surface area contributed by atoms with E-state index in [1.165, 1.54) is 27.4 Å². The smallest absolute Gasteiger partial charge is 0.248 e. The predicted octanol–water partition coefficient (Wildman–Crippen LogP) is 3.27. The van der Waals surface area contributed by atoms with Crippen LogP contribution in [0.3, 0.4) is 0 Å². The molecule has 140 valence electrons. The number of hydrogen-bond acceptors (Lipinski definition) is 6. The van der Waals surface area contributed by atoms with Crippen molar-refractivity contribution in [3.8, 4) is 29.1 Å². The van der Waals surface area contributed by atoms with E-state index in [2.05, 4.69) is 5.32 Å². The third-order valence-corrected chi connectivity index (χ3v) is 3.58. The molecule has 0 aliphatic heterocycles. The first-order valence-electron chi connectivity index (χ1n) is 8.00. The van der Waals surface area contributed by atoms with Crippen LogP contribution in [-0.4, -0.2) is 33.8 Å². The summed E-state index contributed by atoms with van der Waals surface area (Å²) in [7, 11) is 4.61. The monoisotopic (exact) mass is 368 g/mol. The van der Waals surface area contributed by atoms with Gasteiger partial charge in [-0.05, 0) is 36.4 Å². The quantitative estimate of drug-likeness (QED) is 0.719. The van der Waals surface area contributed by atoms with Gasteiger partial charge in [0.2, 0.25) is 5.91 Å². The van der Waals surface area contributed by atoms with E-state index in [9.17, 15) is 4.79 Å². The highest BCUT2D eigenvalue weighted by Gasteiger charge is 2.10. The molecule has 0 fully saturated rings. The molecule has 0 unspecified atom stereocenters. The molecule has 0 saturated carbocycles. The Kier molecular flexibility index (Phi) is 7.08. The number of nitrogens with zero attached hydrogens (tertiary/aromatic N) is 1. The van der Waals surface area contributed by atoms with Gasteiger partial charge in [0.25, 0.3) is 0 Å². The van der Waals surface area contributed by atoms with Crippen LogP contribution in [0.25, 0.3) is 6.08 Å². The molecule has 0 saturated heterocycles. The molecule has 2 aromatic rings. The van der Waals surface area contributed by atoms with Crippen molar-refractivity contribution in [1.29, 1.82) is 5.26 Å². The van der Waals surface area contributed by atoms with E-state index in [4.69, 9.17) is 24.2 Å². The van der Waals surface area contributed by atoms with Gasteiger partial charge >= 0.3 is 0 Å². The molecule has 1 N–H and O–H groups in total. The SMILES string of the molecule is COc1cc(OC)c(OC)cc1/C=C/C(=O)Nc1ccc(OCC#N)cc1. The Morgan fingerprint density at radius 1 is 1.04 bits per heavy atom. The van der Waals surface area contributed by atoms with Gasteiger partial charge in [0, 0.05) is 23.4 Å². The van der Waals surface area contributed by atoms with Crippen LogP contribution in [0.15, 0.2) is 42.5 Å². The number of amides is 1. The number of carbonyl (C=O) groups excluding carboxylic acids is 1. The van der Waals surface area contributed by atoms with Crippen LogP contribution in [0, 0.1) is 11.3 Å². The summed E-state index contributed by atoms with van der Waals surface area (Å²) in [6.07, 6.45) is 3.02. The van der Waals surface area contributed by atoms with Crippen LogP contribution in [0.2, 0.25) is 0 Å². The van der Waals surface area contributed by atoms with Gasteiger partial charge in [-0.1, -0.05) is 0 Å². The lowest BCUT2D eigenvalue weighted by Gasteiger charge is -2.12. The summed E-state index contributed by atoms with van der Waals surface area (Å²) in [6.45, 7) is -0.0262. The second kappa shape index (κ2) is 9.73. The molecule has 27 heavy (non-hydrogen) atoms. The average Bonchev–Trinajstić information content (AvgIpc) is 2.70. The van der Waals surface area contributed by atoms with E-state index in [0.717, 1.165) is 0 Å². The van der Waals surface area contributed by atoms with Gasteiger partial charge in [0.05, 0.1) is 21.3 Å². The first-order valence-corrected chi connectivity index (χ1v) is 8.00. The minimum atomic E-state index is -0.308. The highest BCUT2D eigenvalue weighted by molar-refractivity contribution is 6.02. The van der Waals surface area contributed by atoms with Crippen molar-refractivity contribution >= 4 is 17.7 Å². The van der Waals surface area contributed by atoms with Crippen LogP contribution in [0.4, 0.5) is 5.69 Å². The number of methoxy groups -OCH3 is 3. The number of hydrogen-bond donors (Lipinski definition) is 1. The van der Waals surface area contributed by atoms with Gasteiger partial charge in [0.1, 0.15) is 17.6 Å². The summed E-state index contributed by atoms with van der Waals surface area (Å²) in [5.41, 5.74) is 1.28. The molecule has 1 amide bonds. The van der Waals surface area contributed by atoms with E-state index in [1.807, 2.05) is 6.07 Å². The van der Waals surface area contributed by atoms with Gasteiger partial charge in [0.15, 0.2) is 18.1 Å². The standard InChI is InChI=1S/C20H20N2O5/c1-24-17-13-19(26-3)18(25-2)12-14(17)4-9-20(23)22-15-5-7-16(8-6-15)27-11-10-21/h4-9,12-13H,11H2,1-3H3,(H,22,23)/b9-4+. The second-order valence-electron chi connectivity index (χ2n) is 5.24. The molecule has 0 aliphatic rings. The first-order chi connectivity index (χ1) is 13.1. The Hall–Kier alpha value is -3.66. The highest BCUT2D eigenvalue weighted by Crippen LogP contribution is 2.35. The second-order valence-corrected chi connectivity index (χ2v) is 5.24. The fourth-order valence-corrected chi connectivity index (χ4v) is 2.28. The summed E-state index contributed by atoms with van der Waals surface area (Å²) in [5.74, 6) is 1.87. The molecule has 0 heterocycles. The number of nitrogens with one attached hydrogen (secondary N) is 1. The Labute approximate surface area is 157 Å². The minimum Gasteiger partial charge on any atom is -0.496 e. The molecule has 0 radical (unpaired) electrons. The van der Waals surface area contributed by atoms with Gasteiger partial charge in [-0.3, -0.25) is 4.79 Å². The summed E-state index contributed by atoms with van der Waals surface area (Å²) in [4.78, 5) is 12.2. The third-order valence-electron chi connectivity index (χ3n) is 3.58. The van der Waals surface area contributed by atoms with Crippen LogP contribution < -0.4 is 24.3 Å². The van der Waals surface area contributed by atoms with Crippen molar-refractivity contribution in [2.75, 3.05) is 33.3 Å². The molecule has 0 bridgehead atoms. The molecule has 2 rings (SSSR count). The van der Waals surface area contributed by atoms with Crippen LogP contribution in [-0.2, 0) is 4.79 Å². The lowest BCUT2D eigenvalue weighted by Crippen LogP contribution is -2.07. The number of benzene rings is 2. The summed E-state index contributed by atoms with van der Waals surface area (Å²) in [6, 6.07) is 12.0. The first kappa shape index (κ1) is 19.7. The molecule has 7 nitrogen and oxygen atoms in total. The molecular formula is C20H20N2O5. The zero-order chi connectivity index (χ0) is 19.6.